The number of thioether (sulfide) groups is 1. The topological polar surface area (TPSA) is 66.6 Å². The highest BCUT2D eigenvalue weighted by Crippen LogP contribution is 2.48. The lowest BCUT2D eigenvalue weighted by Crippen LogP contribution is -2.30. The van der Waals surface area contributed by atoms with Crippen molar-refractivity contribution in [3.63, 3.8) is 0 Å². The lowest BCUT2D eigenvalue weighted by Gasteiger charge is -2.27. The molecule has 30 heavy (non-hydrogen) atoms. The maximum Gasteiger partial charge on any atom is 0.294 e. The molecule has 0 spiro atoms. The Hall–Kier alpha value is -2.31. The molecule has 0 saturated heterocycles. The van der Waals surface area contributed by atoms with Crippen LogP contribution in [0.25, 0.3) is 0 Å². The predicted molar refractivity (Wildman–Crippen MR) is 125 cm³/mol. The van der Waals surface area contributed by atoms with Crippen molar-refractivity contribution in [2.45, 2.75) is 10.9 Å². The molecule has 0 radical (unpaired) electrons. The molecule has 152 valence electrons. The third kappa shape index (κ3) is 3.98. The quantitative estimate of drug-likeness (QED) is 0.402. The third-order valence-corrected chi connectivity index (χ3v) is 6.59. The summed E-state index contributed by atoms with van der Waals surface area (Å²) in [4.78, 5) is 15.8. The van der Waals surface area contributed by atoms with E-state index in [4.69, 9.17) is 40.5 Å². The monoisotopic (exact) mass is 476 g/mol. The van der Waals surface area contributed by atoms with Gasteiger partial charge in [-0.3, -0.25) is 9.69 Å². The van der Waals surface area contributed by atoms with Crippen molar-refractivity contribution in [1.29, 1.82) is 0 Å². The zero-order valence-electron chi connectivity index (χ0n) is 15.4. The first-order valence-electron chi connectivity index (χ1n) is 8.86. The number of amides is 1. The van der Waals surface area contributed by atoms with E-state index in [0.29, 0.717) is 31.3 Å². The van der Waals surface area contributed by atoms with Crippen LogP contribution in [0.15, 0.2) is 82.3 Å². The number of nitrogens with zero attached hydrogens (tertiary/aromatic N) is 1. The van der Waals surface area contributed by atoms with Crippen molar-refractivity contribution in [2.24, 2.45) is 0 Å². The second kappa shape index (κ2) is 8.44. The molecule has 0 fully saturated rings. The number of nitrogens with two attached hydrogens (primary N) is 1. The van der Waals surface area contributed by atoms with Gasteiger partial charge in [0.1, 0.15) is 0 Å². The number of hydrogen-bond donors (Lipinski definition) is 2. The van der Waals surface area contributed by atoms with Gasteiger partial charge in [0.25, 0.3) is 5.91 Å². The second-order valence-corrected chi connectivity index (χ2v) is 9.00. The van der Waals surface area contributed by atoms with E-state index in [-0.39, 0.29) is 5.76 Å². The fourth-order valence-corrected chi connectivity index (χ4v) is 4.78. The van der Waals surface area contributed by atoms with Crippen LogP contribution in [-0.4, -0.2) is 11.0 Å². The number of nitrogen functional groups attached to an aromatic ring is 1. The molecule has 4 nitrogen and oxygen atoms in total. The van der Waals surface area contributed by atoms with E-state index in [9.17, 15) is 9.90 Å². The van der Waals surface area contributed by atoms with E-state index in [2.05, 4.69) is 0 Å². The molecule has 0 aliphatic carbocycles. The summed E-state index contributed by atoms with van der Waals surface area (Å²) >= 11 is 19.5. The van der Waals surface area contributed by atoms with E-state index >= 15 is 0 Å². The van der Waals surface area contributed by atoms with Gasteiger partial charge < -0.3 is 10.8 Å². The van der Waals surface area contributed by atoms with Gasteiger partial charge in [-0.2, -0.15) is 0 Å². The van der Waals surface area contributed by atoms with Crippen LogP contribution in [0.3, 0.4) is 0 Å². The summed E-state index contributed by atoms with van der Waals surface area (Å²) in [6.45, 7) is 0. The first kappa shape index (κ1) is 20.9. The average Bonchev–Trinajstić information content (AvgIpc) is 2.96. The molecule has 4 rings (SSSR count). The lowest BCUT2D eigenvalue weighted by atomic mass is 10.1. The summed E-state index contributed by atoms with van der Waals surface area (Å²) < 4.78 is 0. The highest BCUT2D eigenvalue weighted by molar-refractivity contribution is 8.03. The number of carbonyl (C=O) groups is 1. The number of rotatable bonds is 4. The predicted octanol–water partition coefficient (Wildman–Crippen LogP) is 6.88. The van der Waals surface area contributed by atoms with Crippen molar-refractivity contribution >= 4 is 63.8 Å². The minimum atomic E-state index is -0.560. The summed E-state index contributed by atoms with van der Waals surface area (Å²) in [5.41, 5.74) is 7.71. The number of aliphatic hydroxyl groups excluding tert-OH is 1. The Labute approximate surface area is 192 Å². The van der Waals surface area contributed by atoms with Gasteiger partial charge in [-0.05, 0) is 54.1 Å². The van der Waals surface area contributed by atoms with Gasteiger partial charge in [-0.1, -0.05) is 64.8 Å². The highest BCUT2D eigenvalue weighted by atomic mass is 35.5. The second-order valence-electron chi connectivity index (χ2n) is 6.61. The van der Waals surface area contributed by atoms with Crippen LogP contribution in [0, 0.1) is 0 Å². The molecule has 3 aromatic rings. The first-order chi connectivity index (χ1) is 14.3. The third-order valence-electron chi connectivity index (χ3n) is 4.63. The van der Waals surface area contributed by atoms with Gasteiger partial charge in [0.05, 0.1) is 21.7 Å². The van der Waals surface area contributed by atoms with Crippen LogP contribution in [0.2, 0.25) is 15.1 Å². The Bertz CT molecular complexity index is 1170. The van der Waals surface area contributed by atoms with Crippen LogP contribution in [0.1, 0.15) is 11.6 Å². The maximum atomic E-state index is 13.1. The molecule has 1 amide bonds. The van der Waals surface area contributed by atoms with Gasteiger partial charge in [-0.25, -0.2) is 0 Å². The normalized spacial score (nSPS) is 16.4. The smallest absolute Gasteiger partial charge is 0.294 e. The largest absolute Gasteiger partial charge is 0.502 e. The summed E-state index contributed by atoms with van der Waals surface area (Å²) in [6.07, 6.45) is 0. The molecule has 1 aliphatic rings. The number of hydrogen-bond acceptors (Lipinski definition) is 4. The number of anilines is 2. The molecular formula is C22H15Cl3N2O2S. The molecular weight excluding hydrogens is 463 g/mol. The Kier molecular flexibility index (Phi) is 5.89. The van der Waals surface area contributed by atoms with E-state index in [1.165, 1.54) is 16.7 Å². The number of halogens is 3. The van der Waals surface area contributed by atoms with Gasteiger partial charge in [-0.15, -0.1) is 0 Å². The van der Waals surface area contributed by atoms with E-state index < -0.39 is 11.9 Å². The molecule has 3 aromatic carbocycles. The standard InChI is InChI=1S/C22H15Cl3N2O2S/c23-13-6-4-12(5-7-13)19-21(30-16-8-9-17(25)18(26)11-16)20(28)22(29)27(19)15-3-1-2-14(24)10-15/h1-11,19,28H,26H2. The minimum absolute atomic E-state index is 0.326. The fraction of sp³-hybridized carbons (Fsp3) is 0.0455. The fourth-order valence-electron chi connectivity index (χ4n) is 3.24. The van der Waals surface area contributed by atoms with Crippen molar-refractivity contribution in [3.8, 4) is 0 Å². The van der Waals surface area contributed by atoms with Crippen LogP contribution < -0.4 is 10.6 Å². The summed E-state index contributed by atoms with van der Waals surface area (Å²) in [5.74, 6) is -0.838. The Balaban J connectivity index is 1.82. The molecule has 8 heteroatoms. The van der Waals surface area contributed by atoms with Gasteiger partial charge in [0.15, 0.2) is 5.76 Å². The molecule has 1 unspecified atom stereocenters. The van der Waals surface area contributed by atoms with Crippen LogP contribution >= 0.6 is 46.6 Å². The highest BCUT2D eigenvalue weighted by Gasteiger charge is 2.42. The molecule has 0 aromatic heterocycles. The van der Waals surface area contributed by atoms with Crippen LogP contribution in [0.4, 0.5) is 11.4 Å². The molecule has 1 heterocycles. The molecule has 0 saturated carbocycles. The Morgan fingerprint density at radius 2 is 1.67 bits per heavy atom. The molecule has 1 atom stereocenters. The molecule has 0 bridgehead atoms. The zero-order valence-corrected chi connectivity index (χ0v) is 18.4. The molecule has 1 aliphatic heterocycles. The summed E-state index contributed by atoms with van der Waals surface area (Å²) in [6, 6.07) is 18.7. The van der Waals surface area contributed by atoms with Crippen molar-refractivity contribution in [3.05, 3.63) is 98.0 Å². The Morgan fingerprint density at radius 1 is 0.933 bits per heavy atom. The van der Waals surface area contributed by atoms with Crippen LogP contribution in [-0.2, 0) is 4.79 Å². The molecule has 3 N–H and O–H groups in total. The average molecular weight is 478 g/mol. The van der Waals surface area contributed by atoms with E-state index in [1.807, 2.05) is 12.1 Å². The van der Waals surface area contributed by atoms with Crippen molar-refractivity contribution in [2.75, 3.05) is 10.6 Å². The zero-order chi connectivity index (χ0) is 21.4. The summed E-state index contributed by atoms with van der Waals surface area (Å²) in [5, 5.41) is 12.3. The SMILES string of the molecule is Nc1cc(SC2=C(O)C(=O)N(c3cccc(Cl)c3)C2c2ccc(Cl)cc2)ccc1Cl. The Morgan fingerprint density at radius 3 is 2.33 bits per heavy atom. The maximum absolute atomic E-state index is 13.1. The van der Waals surface area contributed by atoms with Gasteiger partial charge >= 0.3 is 0 Å². The summed E-state index contributed by atoms with van der Waals surface area (Å²) in [7, 11) is 0. The first-order valence-corrected chi connectivity index (χ1v) is 10.8. The van der Waals surface area contributed by atoms with E-state index in [0.717, 1.165) is 10.5 Å². The van der Waals surface area contributed by atoms with Crippen molar-refractivity contribution < 1.29 is 9.90 Å². The van der Waals surface area contributed by atoms with E-state index in [1.54, 1.807) is 54.6 Å². The van der Waals surface area contributed by atoms with Gasteiger partial charge in [0.2, 0.25) is 0 Å². The van der Waals surface area contributed by atoms with Gasteiger partial charge in [0, 0.05) is 20.6 Å². The van der Waals surface area contributed by atoms with Crippen molar-refractivity contribution in [1.82, 2.24) is 0 Å². The number of benzene rings is 3. The number of carbonyl (C=O) groups excluding carboxylic acids is 1. The minimum Gasteiger partial charge on any atom is -0.502 e. The van der Waals surface area contributed by atoms with Crippen LogP contribution in [0.5, 0.6) is 0 Å². The number of aliphatic hydroxyl groups is 1. The lowest BCUT2D eigenvalue weighted by molar-refractivity contribution is -0.117.